The molecule has 4 aliphatic rings. The molecular weight excluding hydrogens is 296 g/mol. The summed E-state index contributed by atoms with van der Waals surface area (Å²) >= 11 is 0. The second-order valence-electron chi connectivity index (χ2n) is 5.32. The summed E-state index contributed by atoms with van der Waals surface area (Å²) in [5.41, 5.74) is 0. The van der Waals surface area contributed by atoms with Crippen molar-refractivity contribution in [2.24, 2.45) is 0 Å². The third-order valence-corrected chi connectivity index (χ3v) is 3.98. The van der Waals surface area contributed by atoms with Crippen molar-refractivity contribution in [1.29, 1.82) is 0 Å². The Balaban J connectivity index is 1.47. The second-order valence-corrected chi connectivity index (χ2v) is 5.32. The molecule has 1 aromatic carbocycles. The van der Waals surface area contributed by atoms with Crippen molar-refractivity contribution >= 4 is 6.16 Å². The van der Waals surface area contributed by atoms with Crippen LogP contribution in [0.1, 0.15) is 0 Å². The van der Waals surface area contributed by atoms with Crippen LogP contribution < -0.4 is 4.74 Å². The van der Waals surface area contributed by atoms with Gasteiger partial charge in [-0.25, -0.2) is 4.79 Å². The molecule has 5 rings (SSSR count). The number of rotatable bonds is 2. The van der Waals surface area contributed by atoms with Crippen LogP contribution in [0.2, 0.25) is 0 Å². The van der Waals surface area contributed by atoms with Crippen molar-refractivity contribution in [2.75, 3.05) is 0 Å². The third-order valence-electron chi connectivity index (χ3n) is 3.98. The Hall–Kier alpha value is -1.71. The standard InChI is InChI=1S/C14H14O8/c15-7-9-8(16)11-12(10(7)21-14(20-9)22-11)19-13(17)18-6-4-2-1-3-5-6/h1-5,7-12,14-16H/t7-,8-,9?,10-,11+,12?,14?/m0/s1. The maximum Gasteiger partial charge on any atom is 0.514 e. The van der Waals surface area contributed by atoms with E-state index in [0.717, 1.165) is 0 Å². The SMILES string of the molecule is O=C(Oc1ccccc1)OC1[C@H]2OC3OC([C@@H]2O)[C@H](O)[C@H]1O3. The maximum atomic E-state index is 11.9. The molecule has 1 aromatic rings. The zero-order valence-corrected chi connectivity index (χ0v) is 11.3. The fourth-order valence-electron chi connectivity index (χ4n) is 2.96. The van der Waals surface area contributed by atoms with E-state index < -0.39 is 49.3 Å². The monoisotopic (exact) mass is 310 g/mol. The Morgan fingerprint density at radius 1 is 0.955 bits per heavy atom. The summed E-state index contributed by atoms with van der Waals surface area (Å²) in [4.78, 5) is 11.9. The van der Waals surface area contributed by atoms with E-state index in [0.29, 0.717) is 5.75 Å². The minimum Gasteiger partial charge on any atom is -0.425 e. The van der Waals surface area contributed by atoms with Gasteiger partial charge in [0.1, 0.15) is 36.3 Å². The van der Waals surface area contributed by atoms with E-state index in [9.17, 15) is 15.0 Å². The van der Waals surface area contributed by atoms with E-state index in [2.05, 4.69) is 0 Å². The molecule has 22 heavy (non-hydrogen) atoms. The molecule has 3 unspecified atom stereocenters. The zero-order valence-electron chi connectivity index (χ0n) is 11.3. The number of benzene rings is 1. The van der Waals surface area contributed by atoms with Crippen molar-refractivity contribution in [3.63, 3.8) is 0 Å². The quantitative estimate of drug-likeness (QED) is 0.570. The van der Waals surface area contributed by atoms with Crippen molar-refractivity contribution in [3.05, 3.63) is 30.3 Å². The molecule has 4 fully saturated rings. The predicted molar refractivity (Wildman–Crippen MR) is 67.8 cm³/mol. The van der Waals surface area contributed by atoms with E-state index in [1.54, 1.807) is 30.3 Å². The topological polar surface area (TPSA) is 104 Å². The van der Waals surface area contributed by atoms with Crippen molar-refractivity contribution in [3.8, 4) is 5.75 Å². The molecule has 8 nitrogen and oxygen atoms in total. The summed E-state index contributed by atoms with van der Waals surface area (Å²) < 4.78 is 26.0. The summed E-state index contributed by atoms with van der Waals surface area (Å²) in [5.74, 6) is 0.322. The van der Waals surface area contributed by atoms with E-state index in [-0.39, 0.29) is 0 Å². The van der Waals surface area contributed by atoms with Crippen LogP contribution in [-0.2, 0) is 18.9 Å². The molecule has 7 atom stereocenters. The second kappa shape index (κ2) is 5.18. The number of ether oxygens (including phenoxy) is 5. The molecule has 3 heterocycles. The first kappa shape index (κ1) is 13.9. The lowest BCUT2D eigenvalue weighted by Crippen LogP contribution is -2.75. The minimum absolute atomic E-state index is 0.322. The Morgan fingerprint density at radius 2 is 1.55 bits per heavy atom. The van der Waals surface area contributed by atoms with Crippen molar-refractivity contribution in [1.82, 2.24) is 0 Å². The zero-order chi connectivity index (χ0) is 15.3. The fraction of sp³-hybridized carbons (Fsp3) is 0.500. The molecule has 1 aliphatic carbocycles. The van der Waals surface area contributed by atoms with Crippen LogP contribution in [-0.4, -0.2) is 59.5 Å². The first-order chi connectivity index (χ1) is 10.6. The van der Waals surface area contributed by atoms with Crippen LogP contribution in [0.4, 0.5) is 4.79 Å². The van der Waals surface area contributed by atoms with Gasteiger partial charge in [-0.3, -0.25) is 0 Å². The van der Waals surface area contributed by atoms with E-state index in [4.69, 9.17) is 23.7 Å². The van der Waals surface area contributed by atoms with Crippen molar-refractivity contribution in [2.45, 2.75) is 43.1 Å². The molecule has 0 spiro atoms. The van der Waals surface area contributed by atoms with Crippen LogP contribution in [0.25, 0.3) is 0 Å². The van der Waals surface area contributed by atoms with Gasteiger partial charge in [0.15, 0.2) is 6.10 Å². The number of para-hydroxylation sites is 1. The summed E-state index contributed by atoms with van der Waals surface area (Å²) in [6.45, 7) is -0.961. The summed E-state index contributed by atoms with van der Waals surface area (Å²) in [6, 6.07) is 8.40. The van der Waals surface area contributed by atoms with Gasteiger partial charge in [0.05, 0.1) is 0 Å². The molecule has 1 saturated carbocycles. The van der Waals surface area contributed by atoms with Crippen LogP contribution in [0.5, 0.6) is 5.75 Å². The minimum atomic E-state index is -1.11. The van der Waals surface area contributed by atoms with Gasteiger partial charge in [-0.2, -0.15) is 0 Å². The average molecular weight is 310 g/mol. The highest BCUT2D eigenvalue weighted by Crippen LogP contribution is 2.41. The summed E-state index contributed by atoms with van der Waals surface area (Å²) in [7, 11) is 0. The first-order valence-corrected chi connectivity index (χ1v) is 6.89. The first-order valence-electron chi connectivity index (χ1n) is 6.89. The van der Waals surface area contributed by atoms with Gasteiger partial charge in [0.2, 0.25) is 0 Å². The highest BCUT2D eigenvalue weighted by atomic mass is 16.9. The van der Waals surface area contributed by atoms with Gasteiger partial charge in [0, 0.05) is 0 Å². The molecule has 2 N–H and O–H groups in total. The Labute approximate surface area is 125 Å². The van der Waals surface area contributed by atoms with Gasteiger partial charge < -0.3 is 33.9 Å². The number of aliphatic hydroxyl groups is 2. The number of hydrogen-bond donors (Lipinski definition) is 2. The van der Waals surface area contributed by atoms with Gasteiger partial charge in [-0.15, -0.1) is 0 Å². The van der Waals surface area contributed by atoms with Crippen LogP contribution >= 0.6 is 0 Å². The van der Waals surface area contributed by atoms with Crippen molar-refractivity contribution < 1.29 is 38.7 Å². The molecule has 0 radical (unpaired) electrons. The maximum absolute atomic E-state index is 11.9. The van der Waals surface area contributed by atoms with Crippen LogP contribution in [0.3, 0.4) is 0 Å². The smallest absolute Gasteiger partial charge is 0.425 e. The van der Waals surface area contributed by atoms with E-state index in [1.165, 1.54) is 0 Å². The van der Waals surface area contributed by atoms with E-state index in [1.807, 2.05) is 0 Å². The lowest BCUT2D eigenvalue weighted by Gasteiger charge is -2.56. The Kier molecular flexibility index (Phi) is 3.28. The number of carbonyl (C=O) groups is 1. The fourth-order valence-corrected chi connectivity index (χ4v) is 2.96. The van der Waals surface area contributed by atoms with Crippen LogP contribution in [0.15, 0.2) is 30.3 Å². The van der Waals surface area contributed by atoms with Gasteiger partial charge in [-0.1, -0.05) is 18.2 Å². The highest BCUT2D eigenvalue weighted by Gasteiger charge is 2.63. The Morgan fingerprint density at radius 3 is 2.18 bits per heavy atom. The number of carbonyl (C=O) groups excluding carboxylic acids is 1. The molecule has 3 saturated heterocycles. The normalized spacial score (nSPS) is 42.2. The number of hydrogen-bond acceptors (Lipinski definition) is 8. The lowest BCUT2D eigenvalue weighted by atomic mass is 9.82. The molecule has 4 bridgehead atoms. The summed E-state index contributed by atoms with van der Waals surface area (Å²) in [6.07, 6.45) is -6.62. The number of aliphatic hydroxyl groups excluding tert-OH is 2. The van der Waals surface area contributed by atoms with Gasteiger partial charge in [0.25, 0.3) is 6.48 Å². The predicted octanol–water partition coefficient (Wildman–Crippen LogP) is -0.228. The molecule has 0 amide bonds. The van der Waals surface area contributed by atoms with Gasteiger partial charge in [-0.05, 0) is 12.1 Å². The largest absolute Gasteiger partial charge is 0.514 e. The highest BCUT2D eigenvalue weighted by molar-refractivity contribution is 5.64. The average Bonchev–Trinajstić information content (AvgIpc) is 2.52. The summed E-state index contributed by atoms with van der Waals surface area (Å²) in [5, 5.41) is 20.1. The molecule has 8 heteroatoms. The lowest BCUT2D eigenvalue weighted by molar-refractivity contribution is -0.480. The molecular formula is C14H14O8. The Bertz CT molecular complexity index is 543. The molecule has 118 valence electrons. The third kappa shape index (κ3) is 2.16. The molecule has 3 aliphatic heterocycles. The van der Waals surface area contributed by atoms with E-state index >= 15 is 0 Å². The molecule has 0 aromatic heterocycles. The van der Waals surface area contributed by atoms with Gasteiger partial charge >= 0.3 is 6.16 Å². The van der Waals surface area contributed by atoms with Crippen LogP contribution in [0, 0.1) is 0 Å².